The molecule has 2 aromatic carbocycles. The largest absolute Gasteiger partial charge is 0.348 e. The van der Waals surface area contributed by atoms with Gasteiger partial charge in [-0.2, -0.15) is 0 Å². The second kappa shape index (κ2) is 8.81. The van der Waals surface area contributed by atoms with Crippen molar-refractivity contribution >= 4 is 23.4 Å². The number of benzene rings is 2. The highest BCUT2D eigenvalue weighted by Crippen LogP contribution is 2.54. The zero-order valence-corrected chi connectivity index (χ0v) is 21.1. The number of hydrogen-bond donors (Lipinski definition) is 0. The highest BCUT2D eigenvalue weighted by molar-refractivity contribution is 8.15. The first-order valence-electron chi connectivity index (χ1n) is 11.3. The predicted molar refractivity (Wildman–Crippen MR) is 129 cm³/mol. The highest BCUT2D eigenvalue weighted by atomic mass is 32.4. The molecule has 0 radical (unpaired) electrons. The van der Waals surface area contributed by atoms with E-state index in [-0.39, 0.29) is 6.10 Å². The van der Waals surface area contributed by atoms with E-state index in [1.54, 1.807) is 0 Å². The number of ether oxygens (including phenoxy) is 5. The van der Waals surface area contributed by atoms with E-state index >= 15 is 0 Å². The first-order valence-corrected chi connectivity index (χ1v) is 14.2. The van der Waals surface area contributed by atoms with Gasteiger partial charge in [0, 0.05) is 11.5 Å². The molecule has 0 amide bonds. The number of rotatable bonds is 6. The Morgan fingerprint density at radius 3 is 2.18 bits per heavy atom. The van der Waals surface area contributed by atoms with E-state index in [1.807, 2.05) is 64.1 Å². The van der Waals surface area contributed by atoms with Crippen LogP contribution in [0, 0.1) is 0 Å². The van der Waals surface area contributed by atoms with Gasteiger partial charge in [0.15, 0.2) is 17.9 Å². The summed E-state index contributed by atoms with van der Waals surface area (Å²) in [6.45, 7) is 7.98. The molecule has 33 heavy (non-hydrogen) atoms. The zero-order chi connectivity index (χ0) is 23.3. The minimum absolute atomic E-state index is 0.304. The normalized spacial score (nSPS) is 34.1. The van der Waals surface area contributed by atoms with E-state index in [9.17, 15) is 0 Å². The molecule has 3 aliphatic heterocycles. The lowest BCUT2D eigenvalue weighted by molar-refractivity contribution is -0.230. The van der Waals surface area contributed by atoms with E-state index in [4.69, 9.17) is 40.0 Å². The molecule has 0 aliphatic carbocycles. The average molecular weight is 491 g/mol. The molecule has 0 spiro atoms. The van der Waals surface area contributed by atoms with Crippen molar-refractivity contribution in [1.82, 2.24) is 0 Å². The molecule has 5 rings (SSSR count). The summed E-state index contributed by atoms with van der Waals surface area (Å²) >= 11 is 6.34. The van der Waals surface area contributed by atoms with Crippen LogP contribution in [0.15, 0.2) is 60.7 Å². The van der Waals surface area contributed by atoms with E-state index < -0.39 is 42.4 Å². The molecule has 3 saturated heterocycles. The number of fused-ring (bicyclic) bond motifs is 1. The fraction of sp³-hybridized carbons (Fsp3) is 0.520. The average Bonchev–Trinajstić information content (AvgIpc) is 3.39. The van der Waals surface area contributed by atoms with Gasteiger partial charge in [0.2, 0.25) is 0 Å². The van der Waals surface area contributed by atoms with Gasteiger partial charge in [-0.3, -0.25) is 0 Å². The van der Waals surface area contributed by atoms with Crippen LogP contribution in [0.4, 0.5) is 0 Å². The molecule has 3 aliphatic rings. The third-order valence-electron chi connectivity index (χ3n) is 6.10. The second-order valence-corrected chi connectivity index (χ2v) is 13.8. The molecule has 1 unspecified atom stereocenters. The third-order valence-corrected chi connectivity index (χ3v) is 9.83. The summed E-state index contributed by atoms with van der Waals surface area (Å²) in [5.41, 5.74) is 1.14. The summed E-state index contributed by atoms with van der Waals surface area (Å²) in [7, 11) is 0. The summed E-state index contributed by atoms with van der Waals surface area (Å²) in [5.74, 6) is -1.44. The van der Waals surface area contributed by atoms with Crippen LogP contribution in [0.5, 0.6) is 0 Å². The lowest BCUT2D eigenvalue weighted by Crippen LogP contribution is -2.44. The van der Waals surface area contributed by atoms with E-state index in [0.29, 0.717) is 12.8 Å². The molecule has 3 fully saturated rings. The fourth-order valence-corrected chi connectivity index (χ4v) is 8.11. The Hall–Kier alpha value is -1.15. The Balaban J connectivity index is 1.49. The Labute approximate surface area is 200 Å². The molecular formula is C25H31O6PS. The van der Waals surface area contributed by atoms with Gasteiger partial charge in [-0.25, -0.2) is 0 Å². The van der Waals surface area contributed by atoms with E-state index in [2.05, 4.69) is 24.3 Å². The Kier molecular flexibility index (Phi) is 6.30. The van der Waals surface area contributed by atoms with Gasteiger partial charge in [0.25, 0.3) is 0 Å². The van der Waals surface area contributed by atoms with Crippen molar-refractivity contribution in [3.63, 3.8) is 0 Å². The maximum Gasteiger partial charge on any atom is 0.190 e. The lowest BCUT2D eigenvalue weighted by Gasteiger charge is -2.33. The van der Waals surface area contributed by atoms with Crippen LogP contribution in [0.1, 0.15) is 33.3 Å². The molecule has 0 saturated carbocycles. The van der Waals surface area contributed by atoms with Gasteiger partial charge in [0.1, 0.15) is 24.4 Å². The van der Waals surface area contributed by atoms with Gasteiger partial charge in [-0.15, -0.1) is 0 Å². The molecule has 0 bridgehead atoms. The van der Waals surface area contributed by atoms with Gasteiger partial charge in [0.05, 0.1) is 12.9 Å². The van der Waals surface area contributed by atoms with Crippen LogP contribution in [0.3, 0.4) is 0 Å². The quantitative estimate of drug-likeness (QED) is 0.559. The van der Waals surface area contributed by atoms with Crippen LogP contribution in [0.25, 0.3) is 0 Å². The Morgan fingerprint density at radius 1 is 0.879 bits per heavy atom. The molecule has 6 atom stereocenters. The molecule has 178 valence electrons. The Morgan fingerprint density at radius 2 is 1.55 bits per heavy atom. The second-order valence-electron chi connectivity index (χ2n) is 9.66. The van der Waals surface area contributed by atoms with Crippen molar-refractivity contribution < 1.29 is 28.2 Å². The summed E-state index contributed by atoms with van der Waals surface area (Å²) in [5, 5.41) is 1.02. The van der Waals surface area contributed by atoms with E-state index in [1.165, 1.54) is 0 Å². The van der Waals surface area contributed by atoms with Crippen molar-refractivity contribution in [2.45, 2.75) is 76.1 Å². The van der Waals surface area contributed by atoms with Crippen LogP contribution < -0.4 is 5.30 Å². The van der Waals surface area contributed by atoms with Crippen molar-refractivity contribution in [3.05, 3.63) is 66.2 Å². The van der Waals surface area contributed by atoms with Crippen molar-refractivity contribution in [2.75, 3.05) is 6.61 Å². The maximum absolute atomic E-state index is 6.95. The number of hydrogen-bond acceptors (Lipinski definition) is 7. The fourth-order valence-electron chi connectivity index (χ4n) is 4.67. The van der Waals surface area contributed by atoms with Crippen molar-refractivity contribution in [1.29, 1.82) is 0 Å². The summed E-state index contributed by atoms with van der Waals surface area (Å²) < 4.78 is 37.6. The summed E-state index contributed by atoms with van der Waals surface area (Å²) in [6, 6.07) is 20.4. The Bertz CT molecular complexity index is 1010. The third kappa shape index (κ3) is 4.97. The smallest absolute Gasteiger partial charge is 0.190 e. The van der Waals surface area contributed by atoms with Crippen LogP contribution in [-0.2, 0) is 46.2 Å². The minimum atomic E-state index is -2.52. The van der Waals surface area contributed by atoms with Crippen LogP contribution >= 0.6 is 6.26 Å². The van der Waals surface area contributed by atoms with Gasteiger partial charge >= 0.3 is 0 Å². The van der Waals surface area contributed by atoms with E-state index in [0.717, 1.165) is 10.9 Å². The first kappa shape index (κ1) is 23.6. The first-order chi connectivity index (χ1) is 15.6. The summed E-state index contributed by atoms with van der Waals surface area (Å²) in [4.78, 5) is 0. The SMILES string of the molecule is CC1(C)O[C@H]2O[C@H]([C@H]3COC(C)(C)O3)[C@H](OP(=S)(Cc3ccccc3)c3ccccc3)[C@H]2O1. The minimum Gasteiger partial charge on any atom is -0.348 e. The molecule has 6 nitrogen and oxygen atoms in total. The molecule has 0 aromatic heterocycles. The lowest BCUT2D eigenvalue weighted by atomic mass is 10.1. The molecule has 8 heteroatoms. The van der Waals surface area contributed by atoms with Crippen molar-refractivity contribution in [3.8, 4) is 0 Å². The van der Waals surface area contributed by atoms with Crippen LogP contribution in [0.2, 0.25) is 0 Å². The zero-order valence-electron chi connectivity index (χ0n) is 19.4. The molecular weight excluding hydrogens is 459 g/mol. The van der Waals surface area contributed by atoms with Gasteiger partial charge in [-0.05, 0) is 33.3 Å². The standard InChI is InChI=1S/C25H31O6PS/c1-24(2)26-15-19(28-24)20-21(22-23(27-20)30-25(3,4)29-22)31-32(33,18-13-9-6-10-14-18)16-17-11-7-5-8-12-17/h5-14,19-23H,15-16H2,1-4H3/t19-,20-,21+,22-,23-,32?/m1/s1. The maximum atomic E-state index is 6.95. The van der Waals surface area contributed by atoms with Crippen molar-refractivity contribution in [2.24, 2.45) is 0 Å². The summed E-state index contributed by atoms with van der Waals surface area (Å²) in [6.07, 6.45) is -4.01. The monoisotopic (exact) mass is 490 g/mol. The van der Waals surface area contributed by atoms with Gasteiger partial charge in [-0.1, -0.05) is 72.5 Å². The molecule has 3 heterocycles. The molecule has 2 aromatic rings. The van der Waals surface area contributed by atoms with Gasteiger partial charge < -0.3 is 28.2 Å². The predicted octanol–water partition coefficient (Wildman–Crippen LogP) is 4.32. The van der Waals surface area contributed by atoms with Crippen LogP contribution in [-0.4, -0.2) is 48.9 Å². The highest BCUT2D eigenvalue weighted by Gasteiger charge is 2.59. The topological polar surface area (TPSA) is 55.4 Å². The molecule has 0 N–H and O–H groups in total.